The highest BCUT2D eigenvalue weighted by Gasteiger charge is 2.35. The fourth-order valence-electron chi connectivity index (χ4n) is 3.20. The molecule has 140 valence electrons. The molecule has 1 saturated heterocycles. The summed E-state index contributed by atoms with van der Waals surface area (Å²) in [5, 5.41) is 0. The van der Waals surface area contributed by atoms with Crippen LogP contribution >= 0.6 is 11.8 Å². The van der Waals surface area contributed by atoms with Crippen molar-refractivity contribution in [1.29, 1.82) is 0 Å². The Morgan fingerprint density at radius 2 is 1.77 bits per heavy atom. The fraction of sp³-hybridized carbons (Fsp3) is 0.400. The number of hydrogen-bond donors (Lipinski definition) is 1. The normalized spacial score (nSPS) is 17.2. The zero-order valence-corrected chi connectivity index (χ0v) is 16.8. The molecule has 3 rings (SSSR count). The van der Waals surface area contributed by atoms with Gasteiger partial charge in [-0.3, -0.25) is 0 Å². The summed E-state index contributed by atoms with van der Waals surface area (Å²) in [6.45, 7) is 5.51. The Balaban J connectivity index is 1.79. The molecule has 1 aliphatic rings. The minimum atomic E-state index is -3.54. The van der Waals surface area contributed by atoms with Gasteiger partial charge >= 0.3 is 0 Å². The molecule has 0 radical (unpaired) electrons. The lowest BCUT2D eigenvalue weighted by Crippen LogP contribution is -2.44. The van der Waals surface area contributed by atoms with Crippen LogP contribution in [0.3, 0.4) is 0 Å². The molecule has 0 atom stereocenters. The summed E-state index contributed by atoms with van der Waals surface area (Å²) in [6.07, 6.45) is 1.64. The van der Waals surface area contributed by atoms with Gasteiger partial charge in [0.15, 0.2) is 0 Å². The Hall–Kier alpha value is -1.34. The maximum absolute atomic E-state index is 12.8. The van der Waals surface area contributed by atoms with Crippen molar-refractivity contribution < 1.29 is 13.2 Å². The number of ether oxygens (including phenoxy) is 1. The summed E-state index contributed by atoms with van der Waals surface area (Å²) >= 11 is 1.75. The molecule has 2 aromatic rings. The average molecular weight is 392 g/mol. The number of sulfonamides is 1. The Labute approximate surface area is 160 Å². The van der Waals surface area contributed by atoms with E-state index in [1.807, 2.05) is 44.2 Å². The van der Waals surface area contributed by atoms with Crippen molar-refractivity contribution in [2.75, 3.05) is 19.8 Å². The van der Waals surface area contributed by atoms with Gasteiger partial charge in [0.25, 0.3) is 0 Å². The quantitative estimate of drug-likeness (QED) is 0.811. The summed E-state index contributed by atoms with van der Waals surface area (Å²) < 4.78 is 33.9. The molecule has 4 nitrogen and oxygen atoms in total. The van der Waals surface area contributed by atoms with Gasteiger partial charge in [-0.05, 0) is 50.5 Å². The fourth-order valence-corrected chi connectivity index (χ4v) is 5.95. The van der Waals surface area contributed by atoms with Crippen molar-refractivity contribution >= 4 is 21.8 Å². The molecule has 1 N–H and O–H groups in total. The molecule has 0 spiro atoms. The molecule has 1 heterocycles. The van der Waals surface area contributed by atoms with E-state index in [4.69, 9.17) is 4.74 Å². The van der Waals surface area contributed by atoms with Crippen LogP contribution in [0, 0.1) is 13.8 Å². The molecular formula is C20H25NO3S2. The predicted molar refractivity (Wildman–Crippen MR) is 106 cm³/mol. The highest BCUT2D eigenvalue weighted by atomic mass is 32.2. The lowest BCUT2D eigenvalue weighted by atomic mass is 9.99. The van der Waals surface area contributed by atoms with Gasteiger partial charge in [0, 0.05) is 29.4 Å². The van der Waals surface area contributed by atoms with Crippen LogP contribution in [0.5, 0.6) is 0 Å². The molecule has 0 saturated carbocycles. The molecule has 0 aromatic heterocycles. The molecule has 1 fully saturated rings. The minimum Gasteiger partial charge on any atom is -0.381 e. The molecule has 0 bridgehead atoms. The first-order valence-electron chi connectivity index (χ1n) is 8.79. The van der Waals surface area contributed by atoms with Crippen LogP contribution in [0.4, 0.5) is 0 Å². The van der Waals surface area contributed by atoms with E-state index >= 15 is 0 Å². The molecule has 6 heteroatoms. The van der Waals surface area contributed by atoms with Crippen molar-refractivity contribution in [2.24, 2.45) is 0 Å². The topological polar surface area (TPSA) is 55.4 Å². The Morgan fingerprint density at radius 1 is 1.08 bits per heavy atom. The highest BCUT2D eigenvalue weighted by Crippen LogP contribution is 2.40. The second-order valence-electron chi connectivity index (χ2n) is 6.80. The molecule has 1 aliphatic heterocycles. The van der Waals surface area contributed by atoms with Gasteiger partial charge in [0.2, 0.25) is 10.0 Å². The van der Waals surface area contributed by atoms with Crippen LogP contribution in [-0.2, 0) is 14.8 Å². The third-order valence-electron chi connectivity index (χ3n) is 4.69. The number of thioether (sulfide) groups is 1. The zero-order chi connectivity index (χ0) is 18.6. The number of nitrogens with one attached hydrogen (secondary N) is 1. The van der Waals surface area contributed by atoms with Gasteiger partial charge < -0.3 is 4.74 Å². The number of hydrogen-bond acceptors (Lipinski definition) is 4. The Kier molecular flexibility index (Phi) is 6.07. The summed E-state index contributed by atoms with van der Waals surface area (Å²) in [4.78, 5) is 1.51. The van der Waals surface area contributed by atoms with Crippen molar-refractivity contribution in [3.63, 3.8) is 0 Å². The average Bonchev–Trinajstić information content (AvgIpc) is 2.62. The first kappa shape index (κ1) is 19.4. The first-order valence-corrected chi connectivity index (χ1v) is 11.1. The molecule has 26 heavy (non-hydrogen) atoms. The van der Waals surface area contributed by atoms with E-state index in [0.29, 0.717) is 24.7 Å². The maximum atomic E-state index is 12.8. The smallest absolute Gasteiger partial charge is 0.240 e. The van der Waals surface area contributed by atoms with Gasteiger partial charge in [-0.1, -0.05) is 35.9 Å². The monoisotopic (exact) mass is 391 g/mol. The van der Waals surface area contributed by atoms with Gasteiger partial charge in [-0.15, -0.1) is 11.8 Å². The van der Waals surface area contributed by atoms with Crippen molar-refractivity contribution in [2.45, 2.75) is 41.2 Å². The lowest BCUT2D eigenvalue weighted by molar-refractivity contribution is 0.0784. The van der Waals surface area contributed by atoms with E-state index in [1.165, 1.54) is 0 Å². The van der Waals surface area contributed by atoms with E-state index in [2.05, 4.69) is 16.9 Å². The van der Waals surface area contributed by atoms with E-state index in [-0.39, 0.29) is 4.75 Å². The number of benzene rings is 2. The maximum Gasteiger partial charge on any atom is 0.240 e. The predicted octanol–water partition coefficient (Wildman–Crippen LogP) is 3.92. The molecule has 0 unspecified atom stereocenters. The van der Waals surface area contributed by atoms with Crippen LogP contribution < -0.4 is 4.72 Å². The SMILES string of the molecule is Cc1ccc(S(=O)(=O)NCC2(Sc3ccccc3)CCOCC2)c(C)c1. The van der Waals surface area contributed by atoms with E-state index in [0.717, 1.165) is 28.9 Å². The van der Waals surface area contributed by atoms with Crippen molar-refractivity contribution in [3.8, 4) is 0 Å². The first-order chi connectivity index (χ1) is 12.4. The summed E-state index contributed by atoms with van der Waals surface area (Å²) in [5.74, 6) is 0. The second-order valence-corrected chi connectivity index (χ2v) is 10.1. The van der Waals surface area contributed by atoms with Crippen LogP contribution in [-0.4, -0.2) is 32.9 Å². The van der Waals surface area contributed by atoms with Gasteiger partial charge in [-0.25, -0.2) is 13.1 Å². The molecule has 0 aliphatic carbocycles. The van der Waals surface area contributed by atoms with Crippen LogP contribution in [0.1, 0.15) is 24.0 Å². The third-order valence-corrected chi connectivity index (χ3v) is 7.74. The summed E-state index contributed by atoms with van der Waals surface area (Å²) in [7, 11) is -3.54. The lowest BCUT2D eigenvalue weighted by Gasteiger charge is -2.36. The summed E-state index contributed by atoms with van der Waals surface area (Å²) in [5.41, 5.74) is 1.83. The van der Waals surface area contributed by atoms with E-state index in [1.54, 1.807) is 17.8 Å². The standard InChI is InChI=1S/C20H25NO3S2/c1-16-8-9-19(17(2)14-16)26(22,23)21-15-20(10-12-24-13-11-20)25-18-6-4-3-5-7-18/h3-9,14,21H,10-13,15H2,1-2H3. The Morgan fingerprint density at radius 3 is 2.42 bits per heavy atom. The van der Waals surface area contributed by atoms with Crippen molar-refractivity contribution in [1.82, 2.24) is 4.72 Å². The van der Waals surface area contributed by atoms with E-state index in [9.17, 15) is 8.42 Å². The van der Waals surface area contributed by atoms with Crippen LogP contribution in [0.25, 0.3) is 0 Å². The second kappa shape index (κ2) is 8.13. The van der Waals surface area contributed by atoms with Gasteiger partial charge in [-0.2, -0.15) is 0 Å². The van der Waals surface area contributed by atoms with Gasteiger partial charge in [0.1, 0.15) is 0 Å². The summed E-state index contributed by atoms with van der Waals surface area (Å²) in [6, 6.07) is 15.6. The molecule has 2 aromatic carbocycles. The van der Waals surface area contributed by atoms with E-state index < -0.39 is 10.0 Å². The number of aryl methyl sites for hydroxylation is 2. The van der Waals surface area contributed by atoms with Gasteiger partial charge in [0.05, 0.1) is 4.90 Å². The Bertz CT molecular complexity index is 845. The van der Waals surface area contributed by atoms with Crippen molar-refractivity contribution in [3.05, 3.63) is 59.7 Å². The molecular weight excluding hydrogens is 366 g/mol. The number of rotatable bonds is 6. The third kappa shape index (κ3) is 4.68. The largest absolute Gasteiger partial charge is 0.381 e. The zero-order valence-electron chi connectivity index (χ0n) is 15.2. The molecule has 0 amide bonds. The minimum absolute atomic E-state index is 0.189. The van der Waals surface area contributed by atoms with Crippen LogP contribution in [0.2, 0.25) is 0 Å². The highest BCUT2D eigenvalue weighted by molar-refractivity contribution is 8.00. The van der Waals surface area contributed by atoms with Crippen LogP contribution in [0.15, 0.2) is 58.3 Å².